The van der Waals surface area contributed by atoms with E-state index in [0.29, 0.717) is 0 Å². The molecule has 0 radical (unpaired) electrons. The van der Waals surface area contributed by atoms with Crippen LogP contribution in [-0.2, 0) is 0 Å². The van der Waals surface area contributed by atoms with Crippen molar-refractivity contribution in [3.8, 4) is 0 Å². The van der Waals surface area contributed by atoms with Gasteiger partial charge >= 0.3 is 0 Å². The molecule has 17 heavy (non-hydrogen) atoms. The van der Waals surface area contributed by atoms with Gasteiger partial charge in [0.1, 0.15) is 5.82 Å². The molecule has 1 fully saturated rings. The summed E-state index contributed by atoms with van der Waals surface area (Å²) in [6.07, 6.45) is 5.36. The SMILES string of the molecule is CC1CCC(CNc2ccc(F)cc2I)CC1. The van der Waals surface area contributed by atoms with Crippen LogP contribution < -0.4 is 5.32 Å². The second-order valence-electron chi connectivity index (χ2n) is 5.13. The Morgan fingerprint density at radius 2 is 2.00 bits per heavy atom. The fourth-order valence-electron chi connectivity index (χ4n) is 2.42. The van der Waals surface area contributed by atoms with Gasteiger partial charge in [-0.1, -0.05) is 19.8 Å². The molecule has 1 aliphatic carbocycles. The summed E-state index contributed by atoms with van der Waals surface area (Å²) in [5.41, 5.74) is 1.06. The molecule has 0 aliphatic heterocycles. The van der Waals surface area contributed by atoms with Crippen LogP contribution >= 0.6 is 22.6 Å². The molecule has 3 heteroatoms. The number of hydrogen-bond donors (Lipinski definition) is 1. The first kappa shape index (κ1) is 13.1. The van der Waals surface area contributed by atoms with Crippen LogP contribution in [0, 0.1) is 21.2 Å². The molecule has 0 unspecified atom stereocenters. The number of benzene rings is 1. The maximum absolute atomic E-state index is 13.0. The lowest BCUT2D eigenvalue weighted by atomic mass is 9.83. The summed E-state index contributed by atoms with van der Waals surface area (Å²) in [6, 6.07) is 4.93. The highest BCUT2D eigenvalue weighted by Crippen LogP contribution is 2.29. The maximum atomic E-state index is 13.0. The minimum atomic E-state index is -0.161. The van der Waals surface area contributed by atoms with Crippen molar-refractivity contribution in [3.05, 3.63) is 27.6 Å². The highest BCUT2D eigenvalue weighted by atomic mass is 127. The van der Waals surface area contributed by atoms with Crippen LogP contribution in [0.15, 0.2) is 18.2 Å². The molecular weight excluding hydrogens is 328 g/mol. The molecule has 2 rings (SSSR count). The third kappa shape index (κ3) is 3.83. The molecule has 1 aromatic carbocycles. The summed E-state index contributed by atoms with van der Waals surface area (Å²) >= 11 is 2.18. The summed E-state index contributed by atoms with van der Waals surface area (Å²) in [6.45, 7) is 3.36. The zero-order valence-corrected chi connectivity index (χ0v) is 12.3. The molecule has 0 aromatic heterocycles. The summed E-state index contributed by atoms with van der Waals surface area (Å²) in [5, 5.41) is 3.45. The van der Waals surface area contributed by atoms with Crippen LogP contribution in [0.5, 0.6) is 0 Å². The topological polar surface area (TPSA) is 12.0 Å². The molecule has 0 heterocycles. The van der Waals surface area contributed by atoms with Gasteiger partial charge in [0.05, 0.1) is 0 Å². The Morgan fingerprint density at radius 1 is 1.29 bits per heavy atom. The van der Waals surface area contributed by atoms with Crippen molar-refractivity contribution in [2.45, 2.75) is 32.6 Å². The van der Waals surface area contributed by atoms with Crippen molar-refractivity contribution >= 4 is 28.3 Å². The normalized spacial score (nSPS) is 24.6. The van der Waals surface area contributed by atoms with Gasteiger partial charge < -0.3 is 5.32 Å². The Bertz CT molecular complexity index is 372. The van der Waals surface area contributed by atoms with Gasteiger partial charge in [0.15, 0.2) is 0 Å². The number of halogens is 2. The second kappa shape index (κ2) is 6.03. The van der Waals surface area contributed by atoms with Crippen molar-refractivity contribution in [2.75, 3.05) is 11.9 Å². The van der Waals surface area contributed by atoms with Gasteiger partial charge in [0, 0.05) is 15.8 Å². The minimum absolute atomic E-state index is 0.161. The summed E-state index contributed by atoms with van der Waals surface area (Å²) in [7, 11) is 0. The van der Waals surface area contributed by atoms with Crippen LogP contribution in [-0.4, -0.2) is 6.54 Å². The van der Waals surface area contributed by atoms with Crippen LogP contribution in [0.4, 0.5) is 10.1 Å². The standard InChI is InChI=1S/C14H19FIN/c1-10-2-4-11(5-3-10)9-17-14-7-6-12(15)8-13(14)16/h6-8,10-11,17H,2-5,9H2,1H3. The van der Waals surface area contributed by atoms with Gasteiger partial charge in [-0.15, -0.1) is 0 Å². The van der Waals surface area contributed by atoms with E-state index >= 15 is 0 Å². The highest BCUT2D eigenvalue weighted by molar-refractivity contribution is 14.1. The summed E-state index contributed by atoms with van der Waals surface area (Å²) in [4.78, 5) is 0. The quantitative estimate of drug-likeness (QED) is 0.784. The molecule has 0 saturated heterocycles. The van der Waals surface area contributed by atoms with E-state index in [1.807, 2.05) is 6.07 Å². The van der Waals surface area contributed by atoms with E-state index in [4.69, 9.17) is 0 Å². The third-order valence-electron chi connectivity index (χ3n) is 3.65. The van der Waals surface area contributed by atoms with Crippen molar-refractivity contribution < 1.29 is 4.39 Å². The molecule has 0 bridgehead atoms. The molecule has 1 N–H and O–H groups in total. The van der Waals surface area contributed by atoms with Gasteiger partial charge in [0.2, 0.25) is 0 Å². The number of anilines is 1. The van der Waals surface area contributed by atoms with E-state index in [1.165, 1.54) is 31.7 Å². The van der Waals surface area contributed by atoms with E-state index in [1.54, 1.807) is 6.07 Å². The molecule has 94 valence electrons. The molecule has 0 amide bonds. The minimum Gasteiger partial charge on any atom is -0.384 e. The Labute approximate surface area is 116 Å². The predicted octanol–water partition coefficient (Wildman–Crippen LogP) is 4.67. The first-order valence-corrected chi connectivity index (χ1v) is 7.42. The van der Waals surface area contributed by atoms with Gasteiger partial charge in [0.25, 0.3) is 0 Å². The average Bonchev–Trinajstić information content (AvgIpc) is 2.30. The van der Waals surface area contributed by atoms with E-state index in [9.17, 15) is 4.39 Å². The summed E-state index contributed by atoms with van der Waals surface area (Å²) < 4.78 is 13.9. The Hall–Kier alpha value is -0.320. The van der Waals surface area contributed by atoms with Crippen LogP contribution in [0.1, 0.15) is 32.6 Å². The van der Waals surface area contributed by atoms with Gasteiger partial charge in [-0.2, -0.15) is 0 Å². The van der Waals surface area contributed by atoms with Gasteiger partial charge in [-0.25, -0.2) is 4.39 Å². The lowest BCUT2D eigenvalue weighted by Crippen LogP contribution is -2.20. The highest BCUT2D eigenvalue weighted by Gasteiger charge is 2.17. The zero-order valence-electron chi connectivity index (χ0n) is 10.2. The zero-order chi connectivity index (χ0) is 12.3. The Morgan fingerprint density at radius 3 is 2.65 bits per heavy atom. The fraction of sp³-hybridized carbons (Fsp3) is 0.571. The first-order valence-electron chi connectivity index (χ1n) is 6.34. The number of nitrogens with one attached hydrogen (secondary N) is 1. The van der Waals surface area contributed by atoms with Crippen molar-refractivity contribution in [2.24, 2.45) is 11.8 Å². The molecule has 1 saturated carbocycles. The number of rotatable bonds is 3. The largest absolute Gasteiger partial charge is 0.384 e. The van der Waals surface area contributed by atoms with E-state index in [2.05, 4.69) is 34.8 Å². The second-order valence-corrected chi connectivity index (χ2v) is 6.29. The predicted molar refractivity (Wildman–Crippen MR) is 78.7 cm³/mol. The van der Waals surface area contributed by atoms with Crippen molar-refractivity contribution in [3.63, 3.8) is 0 Å². The van der Waals surface area contributed by atoms with Crippen LogP contribution in [0.25, 0.3) is 0 Å². The fourth-order valence-corrected chi connectivity index (χ4v) is 3.09. The number of hydrogen-bond acceptors (Lipinski definition) is 1. The molecular formula is C14H19FIN. The first-order chi connectivity index (χ1) is 8.15. The monoisotopic (exact) mass is 347 g/mol. The molecule has 1 aromatic rings. The maximum Gasteiger partial charge on any atom is 0.124 e. The third-order valence-corrected chi connectivity index (χ3v) is 4.54. The lowest BCUT2D eigenvalue weighted by molar-refractivity contribution is 0.300. The molecule has 1 nitrogen and oxygen atoms in total. The Kier molecular flexibility index (Phi) is 4.65. The van der Waals surface area contributed by atoms with Gasteiger partial charge in [-0.3, -0.25) is 0 Å². The van der Waals surface area contributed by atoms with Crippen molar-refractivity contribution in [1.82, 2.24) is 0 Å². The van der Waals surface area contributed by atoms with E-state index in [0.717, 1.165) is 27.6 Å². The molecule has 1 aliphatic rings. The Balaban J connectivity index is 1.85. The lowest BCUT2D eigenvalue weighted by Gasteiger charge is -2.26. The van der Waals surface area contributed by atoms with Gasteiger partial charge in [-0.05, 0) is 65.5 Å². The van der Waals surface area contributed by atoms with Crippen molar-refractivity contribution in [1.29, 1.82) is 0 Å². The average molecular weight is 347 g/mol. The van der Waals surface area contributed by atoms with E-state index in [-0.39, 0.29) is 5.82 Å². The molecule has 0 spiro atoms. The van der Waals surface area contributed by atoms with Crippen LogP contribution in [0.3, 0.4) is 0 Å². The van der Waals surface area contributed by atoms with Crippen LogP contribution in [0.2, 0.25) is 0 Å². The summed E-state index contributed by atoms with van der Waals surface area (Å²) in [5.74, 6) is 1.52. The smallest absolute Gasteiger partial charge is 0.124 e. The molecule has 0 atom stereocenters. The van der Waals surface area contributed by atoms with E-state index < -0.39 is 0 Å².